The molecule has 2 nitrogen and oxygen atoms in total. The average molecular weight is 201 g/mol. The maximum Gasteiger partial charge on any atom is 0.230 e. The Kier molecular flexibility index (Phi) is 1.84. The number of rotatable bonds is 1. The Morgan fingerprint density at radius 1 is 1.27 bits per heavy atom. The van der Waals surface area contributed by atoms with Gasteiger partial charge in [0.05, 0.1) is 5.92 Å². The average Bonchev–Trinajstić information content (AvgIpc) is 3.07. The first-order valence-corrected chi connectivity index (χ1v) is 5.65. The largest absolute Gasteiger partial charge is 0.335 e. The van der Waals surface area contributed by atoms with E-state index in [0.717, 1.165) is 6.54 Å². The van der Waals surface area contributed by atoms with Crippen LogP contribution in [-0.4, -0.2) is 16.8 Å². The second-order valence-electron chi connectivity index (χ2n) is 4.62. The summed E-state index contributed by atoms with van der Waals surface area (Å²) in [6.07, 6.45) is 2.39. The number of benzene rings is 1. The van der Waals surface area contributed by atoms with Crippen LogP contribution in [0.25, 0.3) is 0 Å². The highest BCUT2D eigenvalue weighted by Gasteiger charge is 2.38. The lowest BCUT2D eigenvalue weighted by molar-refractivity contribution is -0.134. The zero-order valence-electron chi connectivity index (χ0n) is 8.94. The quantitative estimate of drug-likeness (QED) is 0.682. The minimum atomic E-state index is 0.0514. The maximum absolute atomic E-state index is 12.1. The smallest absolute Gasteiger partial charge is 0.230 e. The predicted octanol–water partition coefficient (Wildman–Crippen LogP) is 2.29. The van der Waals surface area contributed by atoms with E-state index in [1.54, 1.807) is 0 Å². The van der Waals surface area contributed by atoms with Gasteiger partial charge < -0.3 is 4.90 Å². The fourth-order valence-corrected chi connectivity index (χ4v) is 2.44. The van der Waals surface area contributed by atoms with E-state index in [9.17, 15) is 4.79 Å². The molecular weight excluding hydrogens is 186 g/mol. The molecule has 0 bridgehead atoms. The van der Waals surface area contributed by atoms with Gasteiger partial charge in [0.1, 0.15) is 0 Å². The van der Waals surface area contributed by atoms with Crippen molar-refractivity contribution in [1.82, 2.24) is 4.90 Å². The first-order valence-electron chi connectivity index (χ1n) is 5.65. The summed E-state index contributed by atoms with van der Waals surface area (Å²) in [5, 5.41) is 0. The summed E-state index contributed by atoms with van der Waals surface area (Å²) in [6.45, 7) is 2.85. The minimum absolute atomic E-state index is 0.0514. The molecule has 0 spiro atoms. The van der Waals surface area contributed by atoms with Gasteiger partial charge in [0.2, 0.25) is 5.91 Å². The molecular formula is C13H15NO. The second-order valence-corrected chi connectivity index (χ2v) is 4.62. The molecule has 1 aromatic rings. The van der Waals surface area contributed by atoms with Crippen LogP contribution in [-0.2, 0) is 11.3 Å². The van der Waals surface area contributed by atoms with E-state index < -0.39 is 0 Å². The van der Waals surface area contributed by atoms with Gasteiger partial charge in [-0.15, -0.1) is 0 Å². The van der Waals surface area contributed by atoms with Gasteiger partial charge in [0.15, 0.2) is 0 Å². The van der Waals surface area contributed by atoms with Crippen molar-refractivity contribution in [2.24, 2.45) is 0 Å². The molecule has 0 N–H and O–H groups in total. The molecule has 1 amide bonds. The minimum Gasteiger partial charge on any atom is -0.335 e. The lowest BCUT2D eigenvalue weighted by atomic mass is 9.90. The lowest BCUT2D eigenvalue weighted by Crippen LogP contribution is -2.39. The first kappa shape index (κ1) is 8.96. The highest BCUT2D eigenvalue weighted by atomic mass is 16.2. The summed E-state index contributed by atoms with van der Waals surface area (Å²) in [5.41, 5.74) is 2.55. The van der Waals surface area contributed by atoms with Crippen molar-refractivity contribution in [3.63, 3.8) is 0 Å². The molecule has 2 heteroatoms. The van der Waals surface area contributed by atoms with Crippen molar-refractivity contribution in [2.45, 2.75) is 38.3 Å². The van der Waals surface area contributed by atoms with E-state index in [1.807, 2.05) is 13.0 Å². The Balaban J connectivity index is 2.00. The zero-order valence-corrected chi connectivity index (χ0v) is 8.94. The molecule has 0 radical (unpaired) electrons. The molecule has 1 aliphatic heterocycles. The molecule has 78 valence electrons. The highest BCUT2D eigenvalue weighted by Crippen LogP contribution is 2.36. The van der Waals surface area contributed by atoms with E-state index in [2.05, 4.69) is 23.1 Å². The zero-order chi connectivity index (χ0) is 10.4. The van der Waals surface area contributed by atoms with Crippen LogP contribution in [0.4, 0.5) is 0 Å². The number of nitrogens with zero attached hydrogens (tertiary/aromatic N) is 1. The van der Waals surface area contributed by atoms with E-state index >= 15 is 0 Å². The first-order chi connectivity index (χ1) is 7.27. The molecule has 3 rings (SSSR count). The number of carbonyl (C=O) groups excluding carboxylic acids is 1. The Bertz CT molecular complexity index is 409. The van der Waals surface area contributed by atoms with Crippen LogP contribution in [0.1, 0.15) is 36.8 Å². The lowest BCUT2D eigenvalue weighted by Gasteiger charge is -2.32. The molecule has 0 saturated heterocycles. The fraction of sp³-hybridized carbons (Fsp3) is 0.462. The predicted molar refractivity (Wildman–Crippen MR) is 58.4 cm³/mol. The van der Waals surface area contributed by atoms with E-state index in [4.69, 9.17) is 0 Å². The van der Waals surface area contributed by atoms with E-state index in [1.165, 1.54) is 24.0 Å². The third kappa shape index (κ3) is 1.36. The molecule has 1 unspecified atom stereocenters. The summed E-state index contributed by atoms with van der Waals surface area (Å²) in [6, 6.07) is 8.85. The van der Waals surface area contributed by atoms with Crippen molar-refractivity contribution < 1.29 is 4.79 Å². The van der Waals surface area contributed by atoms with E-state index in [0.29, 0.717) is 11.9 Å². The summed E-state index contributed by atoms with van der Waals surface area (Å²) >= 11 is 0. The Morgan fingerprint density at radius 3 is 2.73 bits per heavy atom. The fourth-order valence-electron chi connectivity index (χ4n) is 2.44. The van der Waals surface area contributed by atoms with E-state index in [-0.39, 0.29) is 5.92 Å². The van der Waals surface area contributed by atoms with Gasteiger partial charge in [0.25, 0.3) is 0 Å². The Hall–Kier alpha value is -1.31. The van der Waals surface area contributed by atoms with Gasteiger partial charge in [-0.25, -0.2) is 0 Å². The van der Waals surface area contributed by atoms with Crippen molar-refractivity contribution in [2.75, 3.05) is 0 Å². The molecule has 1 fully saturated rings. The molecule has 0 aromatic heterocycles. The third-order valence-electron chi connectivity index (χ3n) is 3.50. The number of amides is 1. The van der Waals surface area contributed by atoms with Gasteiger partial charge in [-0.2, -0.15) is 0 Å². The Labute approximate surface area is 89.9 Å². The molecule has 2 aliphatic rings. The summed E-state index contributed by atoms with van der Waals surface area (Å²) in [7, 11) is 0. The SMILES string of the molecule is CC1C(=O)N(C2CC2)Cc2ccccc21. The summed E-state index contributed by atoms with van der Waals surface area (Å²) in [5.74, 6) is 0.367. The molecule has 1 atom stereocenters. The molecule has 1 aromatic carbocycles. The van der Waals surface area contributed by atoms with Crippen LogP contribution in [0.2, 0.25) is 0 Å². The van der Waals surface area contributed by atoms with Gasteiger partial charge >= 0.3 is 0 Å². The standard InChI is InChI=1S/C13H15NO/c1-9-12-5-3-2-4-10(12)8-14(13(9)15)11-6-7-11/h2-5,9,11H,6-8H2,1H3. The Morgan fingerprint density at radius 2 is 2.00 bits per heavy atom. The number of hydrogen-bond acceptors (Lipinski definition) is 1. The van der Waals surface area contributed by atoms with Crippen LogP contribution in [0.15, 0.2) is 24.3 Å². The van der Waals surface area contributed by atoms with Crippen LogP contribution in [0, 0.1) is 0 Å². The highest BCUT2D eigenvalue weighted by molar-refractivity contribution is 5.85. The van der Waals surface area contributed by atoms with Crippen LogP contribution in [0.3, 0.4) is 0 Å². The number of carbonyl (C=O) groups is 1. The van der Waals surface area contributed by atoms with Gasteiger partial charge in [-0.05, 0) is 30.9 Å². The van der Waals surface area contributed by atoms with Gasteiger partial charge in [-0.1, -0.05) is 24.3 Å². The second kappa shape index (κ2) is 3.09. The molecule has 1 aliphatic carbocycles. The van der Waals surface area contributed by atoms with Crippen LogP contribution >= 0.6 is 0 Å². The van der Waals surface area contributed by atoms with Gasteiger partial charge in [-0.3, -0.25) is 4.79 Å². The van der Waals surface area contributed by atoms with Crippen LogP contribution < -0.4 is 0 Å². The van der Waals surface area contributed by atoms with Crippen molar-refractivity contribution >= 4 is 5.91 Å². The third-order valence-corrected chi connectivity index (χ3v) is 3.50. The van der Waals surface area contributed by atoms with Crippen molar-refractivity contribution in [3.8, 4) is 0 Å². The number of hydrogen-bond donors (Lipinski definition) is 0. The monoisotopic (exact) mass is 201 g/mol. The van der Waals surface area contributed by atoms with Crippen molar-refractivity contribution in [1.29, 1.82) is 0 Å². The topological polar surface area (TPSA) is 20.3 Å². The van der Waals surface area contributed by atoms with Gasteiger partial charge in [0, 0.05) is 12.6 Å². The van der Waals surface area contributed by atoms with Crippen LogP contribution in [0.5, 0.6) is 0 Å². The summed E-state index contributed by atoms with van der Waals surface area (Å²) < 4.78 is 0. The molecule has 15 heavy (non-hydrogen) atoms. The maximum atomic E-state index is 12.1. The number of fused-ring (bicyclic) bond motifs is 1. The normalized spacial score (nSPS) is 25.3. The summed E-state index contributed by atoms with van der Waals surface area (Å²) in [4.78, 5) is 14.2. The van der Waals surface area contributed by atoms with Crippen molar-refractivity contribution in [3.05, 3.63) is 35.4 Å². The molecule has 1 heterocycles. The molecule has 1 saturated carbocycles.